The molecule has 0 atom stereocenters. The van der Waals surface area contributed by atoms with Crippen LogP contribution in [0.4, 0.5) is 0 Å². The van der Waals surface area contributed by atoms with Crippen molar-refractivity contribution >= 4 is 21.4 Å². The van der Waals surface area contributed by atoms with E-state index in [0.29, 0.717) is 24.4 Å². The van der Waals surface area contributed by atoms with E-state index in [1.807, 2.05) is 25.1 Å². The summed E-state index contributed by atoms with van der Waals surface area (Å²) in [6.45, 7) is 5.60. The van der Waals surface area contributed by atoms with Crippen LogP contribution in [0.1, 0.15) is 22.0 Å². The van der Waals surface area contributed by atoms with Crippen LogP contribution in [-0.4, -0.2) is 35.1 Å². The Hall–Kier alpha value is -2.10. The van der Waals surface area contributed by atoms with Crippen LogP contribution in [0.15, 0.2) is 29.3 Å². The SMILES string of the molecule is Cc1nc(-c2ccccn2)sc1CCNS(=O)(=O)c1c(C)n[nH]c1C. The van der Waals surface area contributed by atoms with Crippen LogP contribution in [0.25, 0.3) is 10.7 Å². The summed E-state index contributed by atoms with van der Waals surface area (Å²) in [6, 6.07) is 5.69. The molecule has 0 aliphatic heterocycles. The highest BCUT2D eigenvalue weighted by Crippen LogP contribution is 2.26. The fourth-order valence-electron chi connectivity index (χ4n) is 2.57. The van der Waals surface area contributed by atoms with E-state index in [1.54, 1.807) is 31.4 Å². The standard InChI is InChI=1S/C16H19N5O2S2/c1-10-14(24-16(19-10)13-6-4-5-8-17-13)7-9-18-25(22,23)15-11(2)20-21-12(15)3/h4-6,8,18H,7,9H2,1-3H3,(H,20,21). The van der Waals surface area contributed by atoms with Gasteiger partial charge in [-0.25, -0.2) is 18.1 Å². The molecular weight excluding hydrogens is 358 g/mol. The van der Waals surface area contributed by atoms with E-state index in [9.17, 15) is 8.42 Å². The Bertz CT molecular complexity index is 958. The molecule has 0 amide bonds. The van der Waals surface area contributed by atoms with E-state index in [2.05, 4.69) is 24.9 Å². The van der Waals surface area contributed by atoms with E-state index in [4.69, 9.17) is 0 Å². The normalized spacial score (nSPS) is 11.8. The number of sulfonamides is 1. The number of aromatic amines is 1. The third-order valence-electron chi connectivity index (χ3n) is 3.75. The zero-order chi connectivity index (χ0) is 18.0. The predicted octanol–water partition coefficient (Wildman–Crippen LogP) is 2.37. The molecule has 132 valence electrons. The zero-order valence-corrected chi connectivity index (χ0v) is 15.8. The Kier molecular flexibility index (Phi) is 4.98. The second kappa shape index (κ2) is 7.03. The molecule has 0 aliphatic carbocycles. The average Bonchev–Trinajstić information content (AvgIpc) is 3.11. The monoisotopic (exact) mass is 377 g/mol. The summed E-state index contributed by atoms with van der Waals surface area (Å²) >= 11 is 1.54. The van der Waals surface area contributed by atoms with E-state index in [0.717, 1.165) is 21.3 Å². The molecule has 0 aromatic carbocycles. The van der Waals surface area contributed by atoms with Crippen molar-refractivity contribution < 1.29 is 8.42 Å². The van der Waals surface area contributed by atoms with Gasteiger partial charge in [-0.15, -0.1) is 11.3 Å². The Labute approximate surface area is 150 Å². The van der Waals surface area contributed by atoms with E-state index >= 15 is 0 Å². The number of H-pyrrole nitrogens is 1. The second-order valence-corrected chi connectivity index (χ2v) is 8.44. The summed E-state index contributed by atoms with van der Waals surface area (Å²) in [7, 11) is -3.58. The first-order valence-electron chi connectivity index (χ1n) is 7.77. The molecule has 3 rings (SSSR count). The lowest BCUT2D eigenvalue weighted by Crippen LogP contribution is -2.26. The van der Waals surface area contributed by atoms with Crippen LogP contribution in [0.2, 0.25) is 0 Å². The van der Waals surface area contributed by atoms with Crippen molar-refractivity contribution in [3.8, 4) is 10.7 Å². The Morgan fingerprint density at radius 1 is 1.20 bits per heavy atom. The maximum Gasteiger partial charge on any atom is 0.244 e. The highest BCUT2D eigenvalue weighted by Gasteiger charge is 2.22. The lowest BCUT2D eigenvalue weighted by molar-refractivity contribution is 0.580. The third-order valence-corrected chi connectivity index (χ3v) is 6.71. The smallest absolute Gasteiger partial charge is 0.244 e. The molecule has 25 heavy (non-hydrogen) atoms. The molecule has 7 nitrogen and oxygen atoms in total. The van der Waals surface area contributed by atoms with Crippen molar-refractivity contribution in [2.75, 3.05) is 6.54 Å². The fourth-order valence-corrected chi connectivity index (χ4v) is 5.00. The summed E-state index contributed by atoms with van der Waals surface area (Å²) in [5.41, 5.74) is 2.74. The number of aryl methyl sites for hydroxylation is 3. The van der Waals surface area contributed by atoms with Crippen molar-refractivity contribution in [1.82, 2.24) is 24.9 Å². The van der Waals surface area contributed by atoms with Crippen LogP contribution in [0, 0.1) is 20.8 Å². The van der Waals surface area contributed by atoms with Gasteiger partial charge < -0.3 is 0 Å². The average molecular weight is 377 g/mol. The van der Waals surface area contributed by atoms with Crippen molar-refractivity contribution in [3.05, 3.63) is 46.4 Å². The number of nitrogens with one attached hydrogen (secondary N) is 2. The summed E-state index contributed by atoms with van der Waals surface area (Å²) in [4.78, 5) is 10.1. The summed E-state index contributed by atoms with van der Waals surface area (Å²) in [5.74, 6) is 0. The largest absolute Gasteiger partial charge is 0.281 e. The minimum atomic E-state index is -3.58. The van der Waals surface area contributed by atoms with Gasteiger partial charge in [-0.2, -0.15) is 5.10 Å². The molecule has 0 unspecified atom stereocenters. The van der Waals surface area contributed by atoms with Gasteiger partial charge in [0.15, 0.2) is 0 Å². The van der Waals surface area contributed by atoms with Gasteiger partial charge >= 0.3 is 0 Å². The molecule has 3 aromatic heterocycles. The third kappa shape index (κ3) is 3.78. The van der Waals surface area contributed by atoms with Gasteiger partial charge in [0.05, 0.1) is 22.8 Å². The summed E-state index contributed by atoms with van der Waals surface area (Å²) in [6.07, 6.45) is 2.31. The molecule has 0 bridgehead atoms. The Morgan fingerprint density at radius 2 is 2.00 bits per heavy atom. The Morgan fingerprint density at radius 3 is 2.64 bits per heavy atom. The topological polar surface area (TPSA) is 101 Å². The first-order chi connectivity index (χ1) is 11.9. The van der Waals surface area contributed by atoms with Crippen LogP contribution < -0.4 is 4.72 Å². The molecule has 0 spiro atoms. The van der Waals surface area contributed by atoms with Gasteiger partial charge in [0, 0.05) is 17.6 Å². The minimum absolute atomic E-state index is 0.225. The number of aromatic nitrogens is 4. The molecule has 2 N–H and O–H groups in total. The van der Waals surface area contributed by atoms with Crippen LogP contribution in [0.5, 0.6) is 0 Å². The molecule has 0 radical (unpaired) electrons. The lowest BCUT2D eigenvalue weighted by atomic mass is 10.3. The first kappa shape index (κ1) is 17.7. The fraction of sp³-hybridized carbons (Fsp3) is 0.312. The number of hydrogen-bond acceptors (Lipinski definition) is 6. The number of thiazole rings is 1. The van der Waals surface area contributed by atoms with E-state index in [-0.39, 0.29) is 4.90 Å². The van der Waals surface area contributed by atoms with Gasteiger partial charge in [-0.05, 0) is 39.3 Å². The molecule has 0 fully saturated rings. The maximum atomic E-state index is 12.4. The second-order valence-electron chi connectivity index (χ2n) is 5.65. The molecule has 3 heterocycles. The van der Waals surface area contributed by atoms with Crippen molar-refractivity contribution in [2.24, 2.45) is 0 Å². The van der Waals surface area contributed by atoms with Gasteiger partial charge in [0.25, 0.3) is 0 Å². The summed E-state index contributed by atoms with van der Waals surface area (Å²) in [5, 5.41) is 7.48. The van der Waals surface area contributed by atoms with Gasteiger partial charge in [0.2, 0.25) is 10.0 Å². The number of nitrogens with zero attached hydrogens (tertiary/aromatic N) is 3. The number of hydrogen-bond donors (Lipinski definition) is 2. The maximum absolute atomic E-state index is 12.4. The van der Waals surface area contributed by atoms with Crippen molar-refractivity contribution in [1.29, 1.82) is 0 Å². The van der Waals surface area contributed by atoms with Crippen molar-refractivity contribution in [2.45, 2.75) is 32.1 Å². The molecule has 0 saturated heterocycles. The van der Waals surface area contributed by atoms with Gasteiger partial charge in [0.1, 0.15) is 9.90 Å². The lowest BCUT2D eigenvalue weighted by Gasteiger charge is -2.06. The van der Waals surface area contributed by atoms with Gasteiger partial charge in [-0.1, -0.05) is 6.07 Å². The quantitative estimate of drug-likeness (QED) is 0.687. The highest BCUT2D eigenvalue weighted by molar-refractivity contribution is 7.89. The zero-order valence-electron chi connectivity index (χ0n) is 14.2. The molecular formula is C16H19N5O2S2. The molecule has 0 aliphatic rings. The van der Waals surface area contributed by atoms with Gasteiger partial charge in [-0.3, -0.25) is 10.1 Å². The predicted molar refractivity (Wildman–Crippen MR) is 97.0 cm³/mol. The number of pyridine rings is 1. The highest BCUT2D eigenvalue weighted by atomic mass is 32.2. The first-order valence-corrected chi connectivity index (χ1v) is 10.1. The van der Waals surface area contributed by atoms with E-state index < -0.39 is 10.0 Å². The van der Waals surface area contributed by atoms with Crippen LogP contribution in [0.3, 0.4) is 0 Å². The molecule has 9 heteroatoms. The van der Waals surface area contributed by atoms with Crippen LogP contribution in [-0.2, 0) is 16.4 Å². The summed E-state index contributed by atoms with van der Waals surface area (Å²) < 4.78 is 27.5. The molecule has 0 saturated carbocycles. The van der Waals surface area contributed by atoms with Crippen molar-refractivity contribution in [3.63, 3.8) is 0 Å². The van der Waals surface area contributed by atoms with E-state index in [1.165, 1.54) is 0 Å². The Balaban J connectivity index is 1.70. The minimum Gasteiger partial charge on any atom is -0.281 e. The number of rotatable bonds is 6. The van der Waals surface area contributed by atoms with Crippen LogP contribution >= 0.6 is 11.3 Å². The molecule has 3 aromatic rings.